The largest absolute Gasteiger partial charge is 0.418 e. The first-order valence-electron chi connectivity index (χ1n) is 7.17. The summed E-state index contributed by atoms with van der Waals surface area (Å²) in [4.78, 5) is 21.7. The number of carbonyl (C=O) groups is 1. The number of hydrogen-bond donors (Lipinski definition) is 2. The van der Waals surface area contributed by atoms with Gasteiger partial charge in [-0.15, -0.1) is 16.8 Å². The van der Waals surface area contributed by atoms with Crippen LogP contribution in [0, 0.1) is 10.1 Å². The van der Waals surface area contributed by atoms with Crippen molar-refractivity contribution in [2.75, 3.05) is 22.9 Å². The summed E-state index contributed by atoms with van der Waals surface area (Å²) in [5.74, 6) is -0.917. The van der Waals surface area contributed by atoms with Crippen LogP contribution >= 0.6 is 23.1 Å². The number of rotatable bonds is 8. The number of halogens is 3. The molecule has 8 nitrogen and oxygen atoms in total. The molecule has 0 saturated heterocycles. The van der Waals surface area contributed by atoms with Crippen LogP contribution in [0.15, 0.2) is 35.2 Å². The van der Waals surface area contributed by atoms with Crippen LogP contribution in [0.4, 0.5) is 29.7 Å². The van der Waals surface area contributed by atoms with Crippen molar-refractivity contribution in [3.05, 3.63) is 46.5 Å². The van der Waals surface area contributed by atoms with Crippen LogP contribution < -0.4 is 10.6 Å². The smallest absolute Gasteiger partial charge is 0.357 e. The number of anilines is 2. The van der Waals surface area contributed by atoms with Crippen molar-refractivity contribution in [1.82, 2.24) is 10.2 Å². The molecule has 0 radical (unpaired) electrons. The van der Waals surface area contributed by atoms with Gasteiger partial charge in [0.15, 0.2) is 4.34 Å². The maximum atomic E-state index is 13.1. The Labute approximate surface area is 159 Å². The molecular formula is C14H12F3N5O3S2. The van der Waals surface area contributed by atoms with Crippen molar-refractivity contribution < 1.29 is 22.9 Å². The molecule has 27 heavy (non-hydrogen) atoms. The van der Waals surface area contributed by atoms with E-state index in [1.807, 2.05) is 0 Å². The second kappa shape index (κ2) is 8.81. The molecule has 2 rings (SSSR count). The number of non-ortho nitro benzene ring substituents is 1. The molecule has 0 spiro atoms. The average molecular weight is 419 g/mol. The fourth-order valence-corrected chi connectivity index (χ4v) is 3.36. The van der Waals surface area contributed by atoms with Gasteiger partial charge in [-0.05, 0) is 6.07 Å². The number of benzene rings is 1. The number of nitro groups is 1. The van der Waals surface area contributed by atoms with Crippen molar-refractivity contribution >= 4 is 45.5 Å². The summed E-state index contributed by atoms with van der Waals surface area (Å²) < 4.78 is 39.7. The molecule has 0 aliphatic rings. The number of hydrogen-bond acceptors (Lipinski definition) is 8. The van der Waals surface area contributed by atoms with Crippen molar-refractivity contribution in [2.45, 2.75) is 10.5 Å². The molecule has 1 aromatic carbocycles. The summed E-state index contributed by atoms with van der Waals surface area (Å²) >= 11 is 2.18. The van der Waals surface area contributed by atoms with Gasteiger partial charge in [0.05, 0.1) is 21.9 Å². The predicted octanol–water partition coefficient (Wildman–Crippen LogP) is 3.79. The average Bonchev–Trinajstić information content (AvgIpc) is 3.05. The second-order valence-corrected chi connectivity index (χ2v) is 7.06. The lowest BCUT2D eigenvalue weighted by molar-refractivity contribution is -0.385. The molecule has 1 aromatic heterocycles. The normalized spacial score (nSPS) is 11.1. The van der Waals surface area contributed by atoms with Crippen LogP contribution in [0.1, 0.15) is 5.56 Å². The topological polar surface area (TPSA) is 110 Å². The van der Waals surface area contributed by atoms with Crippen LogP contribution in [-0.2, 0) is 11.0 Å². The van der Waals surface area contributed by atoms with E-state index < -0.39 is 33.9 Å². The zero-order chi connectivity index (χ0) is 20.0. The number of thioether (sulfide) groups is 1. The summed E-state index contributed by atoms with van der Waals surface area (Å²) in [6.07, 6.45) is -3.23. The second-order valence-electron chi connectivity index (χ2n) is 4.86. The van der Waals surface area contributed by atoms with Gasteiger partial charge in [0.25, 0.3) is 5.69 Å². The van der Waals surface area contributed by atoms with Gasteiger partial charge >= 0.3 is 6.18 Å². The molecule has 0 saturated carbocycles. The van der Waals surface area contributed by atoms with E-state index in [-0.39, 0.29) is 5.75 Å². The van der Waals surface area contributed by atoms with E-state index in [2.05, 4.69) is 27.4 Å². The third kappa shape index (κ3) is 5.92. The van der Waals surface area contributed by atoms with Crippen LogP contribution in [0.25, 0.3) is 0 Å². The molecule has 0 aliphatic heterocycles. The first kappa shape index (κ1) is 20.6. The predicted molar refractivity (Wildman–Crippen MR) is 96.0 cm³/mol. The van der Waals surface area contributed by atoms with Crippen molar-refractivity contribution in [2.24, 2.45) is 0 Å². The molecule has 13 heteroatoms. The molecule has 0 aliphatic carbocycles. The summed E-state index contributed by atoms with van der Waals surface area (Å²) in [5.41, 5.74) is -2.56. The Morgan fingerprint density at radius 1 is 1.41 bits per heavy atom. The maximum absolute atomic E-state index is 13.1. The molecule has 0 fully saturated rings. The van der Waals surface area contributed by atoms with E-state index in [9.17, 15) is 28.1 Å². The lowest BCUT2D eigenvalue weighted by Gasteiger charge is -2.13. The summed E-state index contributed by atoms with van der Waals surface area (Å²) in [5, 5.41) is 23.9. The van der Waals surface area contributed by atoms with E-state index >= 15 is 0 Å². The Bertz CT molecular complexity index is 857. The van der Waals surface area contributed by atoms with Crippen molar-refractivity contribution in [3.63, 3.8) is 0 Å². The Morgan fingerprint density at radius 3 is 2.78 bits per heavy atom. The minimum absolute atomic E-state index is 0.204. The molecule has 0 atom stereocenters. The summed E-state index contributed by atoms with van der Waals surface area (Å²) in [7, 11) is 0. The maximum Gasteiger partial charge on any atom is 0.418 e. The number of carbonyl (C=O) groups excluding carboxylic acids is 1. The highest BCUT2D eigenvalue weighted by Gasteiger charge is 2.35. The monoisotopic (exact) mass is 419 g/mol. The molecule has 2 aromatic rings. The molecule has 1 amide bonds. The van der Waals surface area contributed by atoms with E-state index in [0.717, 1.165) is 23.9 Å². The molecule has 0 bridgehead atoms. The minimum atomic E-state index is -4.85. The van der Waals surface area contributed by atoms with Gasteiger partial charge in [0.2, 0.25) is 11.0 Å². The SMILES string of the molecule is C=CCNc1nnc(SCC(=O)Nc2ccc([N+](=O)[O-])cc2C(F)(F)F)s1. The van der Waals surface area contributed by atoms with Crippen molar-refractivity contribution in [1.29, 1.82) is 0 Å². The van der Waals surface area contributed by atoms with Gasteiger partial charge < -0.3 is 10.6 Å². The van der Waals surface area contributed by atoms with Crippen molar-refractivity contribution in [3.8, 4) is 0 Å². The quantitative estimate of drug-likeness (QED) is 0.290. The van der Waals surface area contributed by atoms with Crippen LogP contribution in [0.2, 0.25) is 0 Å². The highest BCUT2D eigenvalue weighted by molar-refractivity contribution is 8.01. The zero-order valence-electron chi connectivity index (χ0n) is 13.4. The first-order valence-corrected chi connectivity index (χ1v) is 8.97. The number of alkyl halides is 3. The summed E-state index contributed by atoms with van der Waals surface area (Å²) in [6.45, 7) is 4.03. The Balaban J connectivity index is 2.03. The lowest BCUT2D eigenvalue weighted by atomic mass is 10.1. The van der Waals surface area contributed by atoms with E-state index in [1.54, 1.807) is 6.08 Å². The Kier molecular flexibility index (Phi) is 6.74. The molecule has 0 unspecified atom stereocenters. The Hall–Kier alpha value is -2.67. The number of nitro benzene ring substituents is 1. The number of nitrogens with zero attached hydrogens (tertiary/aromatic N) is 3. The molecule has 144 valence electrons. The van der Waals surface area contributed by atoms with E-state index in [4.69, 9.17) is 0 Å². The van der Waals surface area contributed by atoms with Gasteiger partial charge in [0.1, 0.15) is 0 Å². The number of aromatic nitrogens is 2. The minimum Gasteiger partial charge on any atom is -0.357 e. The first-order chi connectivity index (χ1) is 12.7. The fourth-order valence-electron chi connectivity index (χ4n) is 1.80. The fraction of sp³-hybridized carbons (Fsp3) is 0.214. The Morgan fingerprint density at radius 2 is 2.15 bits per heavy atom. The van der Waals surface area contributed by atoms with Crippen LogP contribution in [-0.4, -0.2) is 33.3 Å². The number of amides is 1. The molecular weight excluding hydrogens is 407 g/mol. The third-order valence-electron chi connectivity index (χ3n) is 2.92. The van der Waals surface area contributed by atoms with Gasteiger partial charge in [-0.25, -0.2) is 0 Å². The highest BCUT2D eigenvalue weighted by Crippen LogP contribution is 2.37. The van der Waals surface area contributed by atoms with Crippen LogP contribution in [0.3, 0.4) is 0 Å². The van der Waals surface area contributed by atoms with E-state index in [0.29, 0.717) is 22.1 Å². The van der Waals surface area contributed by atoms with Gasteiger partial charge in [-0.1, -0.05) is 29.2 Å². The van der Waals surface area contributed by atoms with Crippen LogP contribution in [0.5, 0.6) is 0 Å². The molecule has 1 heterocycles. The highest BCUT2D eigenvalue weighted by atomic mass is 32.2. The third-order valence-corrected chi connectivity index (χ3v) is 4.94. The zero-order valence-corrected chi connectivity index (χ0v) is 15.1. The van der Waals surface area contributed by atoms with Gasteiger partial charge in [0, 0.05) is 18.7 Å². The van der Waals surface area contributed by atoms with E-state index in [1.165, 1.54) is 11.3 Å². The van der Waals surface area contributed by atoms with Gasteiger partial charge in [-0.2, -0.15) is 13.2 Å². The summed E-state index contributed by atoms with van der Waals surface area (Å²) in [6, 6.07) is 2.12. The number of nitrogens with one attached hydrogen (secondary N) is 2. The molecule has 2 N–H and O–H groups in total. The standard InChI is InChI=1S/C14H12F3N5O3S2/c1-2-5-18-12-20-21-13(27-12)26-7-11(23)19-10-4-3-8(22(24)25)6-9(10)14(15,16)17/h2-4,6H,1,5,7H2,(H,18,20)(H,19,23). The lowest BCUT2D eigenvalue weighted by Crippen LogP contribution is -2.18. The van der Waals surface area contributed by atoms with Gasteiger partial charge in [-0.3, -0.25) is 14.9 Å².